The molecule has 1 aliphatic rings. The molecular formula is C12H14N2O4S. The van der Waals surface area contributed by atoms with Crippen LogP contribution >= 0.6 is 11.8 Å². The van der Waals surface area contributed by atoms with Gasteiger partial charge in [0.05, 0.1) is 5.75 Å². The zero-order valence-electron chi connectivity index (χ0n) is 10.6. The molecule has 1 N–H and O–H groups in total. The summed E-state index contributed by atoms with van der Waals surface area (Å²) in [5, 5.41) is 2.19. The van der Waals surface area contributed by atoms with Crippen LogP contribution in [-0.2, 0) is 15.3 Å². The standard InChI is InChI=1S/C12H14N2O4S/c1-7-11(16)13-10(15)5-14(7)12(17)9-4-3-8(18-9)6-19-2/h3-4,7H,5-6H2,1-2H3,(H,13,15,16). The number of carbonyl (C=O) groups is 3. The molecule has 0 aliphatic carbocycles. The van der Waals surface area contributed by atoms with Gasteiger partial charge >= 0.3 is 0 Å². The van der Waals surface area contributed by atoms with E-state index in [1.54, 1.807) is 30.8 Å². The molecule has 0 aromatic carbocycles. The molecule has 2 rings (SSSR count). The Morgan fingerprint density at radius 3 is 2.95 bits per heavy atom. The zero-order valence-corrected chi connectivity index (χ0v) is 11.5. The zero-order chi connectivity index (χ0) is 14.0. The first-order valence-corrected chi connectivity index (χ1v) is 7.14. The monoisotopic (exact) mass is 282 g/mol. The molecule has 0 saturated carbocycles. The predicted octanol–water partition coefficient (Wildman–Crippen LogP) is 0.630. The Morgan fingerprint density at radius 1 is 1.53 bits per heavy atom. The van der Waals surface area contributed by atoms with Crippen molar-refractivity contribution in [3.8, 4) is 0 Å². The van der Waals surface area contributed by atoms with Crippen molar-refractivity contribution in [2.24, 2.45) is 0 Å². The van der Waals surface area contributed by atoms with Crippen LogP contribution in [0.2, 0.25) is 0 Å². The van der Waals surface area contributed by atoms with Gasteiger partial charge in [-0.05, 0) is 25.3 Å². The van der Waals surface area contributed by atoms with Crippen LogP contribution in [0.15, 0.2) is 16.5 Å². The van der Waals surface area contributed by atoms with E-state index >= 15 is 0 Å². The summed E-state index contributed by atoms with van der Waals surface area (Å²) in [6.07, 6.45) is 1.93. The Labute approximate surface area is 114 Å². The molecule has 7 heteroatoms. The average molecular weight is 282 g/mol. The molecule has 0 spiro atoms. The van der Waals surface area contributed by atoms with Gasteiger partial charge < -0.3 is 9.32 Å². The summed E-state index contributed by atoms with van der Waals surface area (Å²) in [4.78, 5) is 36.2. The lowest BCUT2D eigenvalue weighted by molar-refractivity contribution is -0.138. The number of imide groups is 1. The third-order valence-corrected chi connectivity index (χ3v) is 3.42. The SMILES string of the molecule is CSCc1ccc(C(=O)N2CC(=O)NC(=O)C2C)o1. The number of nitrogens with one attached hydrogen (secondary N) is 1. The first-order chi connectivity index (χ1) is 9.02. The third-order valence-electron chi connectivity index (χ3n) is 2.84. The molecule has 19 heavy (non-hydrogen) atoms. The first-order valence-electron chi connectivity index (χ1n) is 5.75. The number of thioether (sulfide) groups is 1. The average Bonchev–Trinajstić information content (AvgIpc) is 2.82. The van der Waals surface area contributed by atoms with Gasteiger partial charge in [-0.3, -0.25) is 19.7 Å². The van der Waals surface area contributed by atoms with Crippen LogP contribution in [0.4, 0.5) is 0 Å². The minimum absolute atomic E-state index is 0.135. The molecule has 6 nitrogen and oxygen atoms in total. The van der Waals surface area contributed by atoms with Gasteiger partial charge in [0, 0.05) is 0 Å². The Balaban J connectivity index is 2.17. The van der Waals surface area contributed by atoms with Gasteiger partial charge in [-0.1, -0.05) is 0 Å². The van der Waals surface area contributed by atoms with Crippen molar-refractivity contribution in [2.45, 2.75) is 18.7 Å². The summed E-state index contributed by atoms with van der Waals surface area (Å²) < 4.78 is 5.40. The van der Waals surface area contributed by atoms with E-state index in [1.165, 1.54) is 4.90 Å². The molecule has 102 valence electrons. The van der Waals surface area contributed by atoms with Gasteiger partial charge in [-0.2, -0.15) is 11.8 Å². The van der Waals surface area contributed by atoms with Crippen molar-refractivity contribution in [1.29, 1.82) is 0 Å². The van der Waals surface area contributed by atoms with Crippen molar-refractivity contribution in [1.82, 2.24) is 10.2 Å². The van der Waals surface area contributed by atoms with Crippen LogP contribution in [0.25, 0.3) is 0 Å². The minimum atomic E-state index is -0.681. The highest BCUT2D eigenvalue weighted by Crippen LogP contribution is 2.17. The van der Waals surface area contributed by atoms with Crippen LogP contribution < -0.4 is 5.32 Å². The van der Waals surface area contributed by atoms with Crippen molar-refractivity contribution in [3.05, 3.63) is 23.7 Å². The number of amides is 3. The Kier molecular flexibility index (Phi) is 3.94. The van der Waals surface area contributed by atoms with Crippen molar-refractivity contribution >= 4 is 29.5 Å². The van der Waals surface area contributed by atoms with E-state index in [1.807, 2.05) is 6.26 Å². The van der Waals surface area contributed by atoms with E-state index in [4.69, 9.17) is 4.42 Å². The third kappa shape index (κ3) is 2.81. The summed E-state index contributed by atoms with van der Waals surface area (Å²) in [7, 11) is 0. The highest BCUT2D eigenvalue weighted by Gasteiger charge is 2.35. The lowest BCUT2D eigenvalue weighted by Gasteiger charge is -2.30. The van der Waals surface area contributed by atoms with Gasteiger partial charge in [0.1, 0.15) is 18.3 Å². The number of piperazine rings is 1. The fourth-order valence-electron chi connectivity index (χ4n) is 1.82. The van der Waals surface area contributed by atoms with Gasteiger partial charge in [0.25, 0.3) is 5.91 Å². The largest absolute Gasteiger partial charge is 0.455 e. The fourth-order valence-corrected chi connectivity index (χ4v) is 2.26. The van der Waals surface area contributed by atoms with E-state index in [-0.39, 0.29) is 12.3 Å². The maximum atomic E-state index is 12.2. The minimum Gasteiger partial charge on any atom is -0.455 e. The number of rotatable bonds is 3. The van der Waals surface area contributed by atoms with E-state index in [0.717, 1.165) is 0 Å². The van der Waals surface area contributed by atoms with Crippen LogP contribution in [0.5, 0.6) is 0 Å². The summed E-state index contributed by atoms with van der Waals surface area (Å²) >= 11 is 1.58. The van der Waals surface area contributed by atoms with Crippen molar-refractivity contribution in [2.75, 3.05) is 12.8 Å². The number of carbonyl (C=O) groups excluding carboxylic acids is 3. The van der Waals surface area contributed by atoms with Crippen LogP contribution in [0.3, 0.4) is 0 Å². The van der Waals surface area contributed by atoms with Crippen molar-refractivity contribution < 1.29 is 18.8 Å². The summed E-state index contributed by atoms with van der Waals surface area (Å²) in [6.45, 7) is 1.44. The second-order valence-corrected chi connectivity index (χ2v) is 5.09. The second-order valence-electron chi connectivity index (χ2n) is 4.22. The Hall–Kier alpha value is -1.76. The van der Waals surface area contributed by atoms with Crippen molar-refractivity contribution in [3.63, 3.8) is 0 Å². The maximum Gasteiger partial charge on any atom is 0.290 e. The van der Waals surface area contributed by atoms with Crippen LogP contribution in [0.1, 0.15) is 23.2 Å². The van der Waals surface area contributed by atoms with Crippen LogP contribution in [0, 0.1) is 0 Å². The van der Waals surface area contributed by atoms with E-state index < -0.39 is 23.8 Å². The molecule has 1 aromatic heterocycles. The molecular weight excluding hydrogens is 268 g/mol. The lowest BCUT2D eigenvalue weighted by atomic mass is 10.2. The number of furan rings is 1. The highest BCUT2D eigenvalue weighted by atomic mass is 32.2. The van der Waals surface area contributed by atoms with E-state index in [0.29, 0.717) is 11.5 Å². The number of nitrogens with zero attached hydrogens (tertiary/aromatic N) is 1. The summed E-state index contributed by atoms with van der Waals surface area (Å²) in [5.74, 6) is 0.119. The van der Waals surface area contributed by atoms with Crippen LogP contribution in [-0.4, -0.2) is 41.5 Å². The quantitative estimate of drug-likeness (QED) is 0.823. The molecule has 1 unspecified atom stereocenters. The molecule has 1 fully saturated rings. The molecule has 1 aromatic rings. The predicted molar refractivity (Wildman–Crippen MR) is 69.6 cm³/mol. The lowest BCUT2D eigenvalue weighted by Crippen LogP contribution is -2.58. The Morgan fingerprint density at radius 2 is 2.26 bits per heavy atom. The number of hydrogen-bond donors (Lipinski definition) is 1. The first kappa shape index (κ1) is 13.7. The van der Waals surface area contributed by atoms with Gasteiger partial charge in [0.2, 0.25) is 11.8 Å². The molecule has 3 amide bonds. The molecule has 2 heterocycles. The molecule has 0 bridgehead atoms. The highest BCUT2D eigenvalue weighted by molar-refractivity contribution is 7.97. The summed E-state index contributed by atoms with van der Waals surface area (Å²) in [5.41, 5.74) is 0. The van der Waals surface area contributed by atoms with E-state index in [2.05, 4.69) is 5.32 Å². The van der Waals surface area contributed by atoms with Gasteiger partial charge in [-0.25, -0.2) is 0 Å². The second kappa shape index (κ2) is 5.48. The Bertz CT molecular complexity index is 526. The summed E-state index contributed by atoms with van der Waals surface area (Å²) in [6, 6.07) is 2.61. The topological polar surface area (TPSA) is 79.6 Å². The molecule has 1 atom stereocenters. The molecule has 0 radical (unpaired) electrons. The molecule has 1 aliphatic heterocycles. The maximum absolute atomic E-state index is 12.2. The van der Waals surface area contributed by atoms with Gasteiger partial charge in [0.15, 0.2) is 5.76 Å². The smallest absolute Gasteiger partial charge is 0.290 e. The van der Waals surface area contributed by atoms with E-state index in [9.17, 15) is 14.4 Å². The van der Waals surface area contributed by atoms with Gasteiger partial charge in [-0.15, -0.1) is 0 Å². The number of hydrogen-bond acceptors (Lipinski definition) is 5. The molecule has 1 saturated heterocycles. The fraction of sp³-hybridized carbons (Fsp3) is 0.417. The normalized spacial score (nSPS) is 19.5.